The van der Waals surface area contributed by atoms with Gasteiger partial charge in [0, 0.05) is 18.7 Å². The Bertz CT molecular complexity index is 514. The number of amides is 2. The highest BCUT2D eigenvalue weighted by Gasteiger charge is 2.19. The smallest absolute Gasteiger partial charge is 0.337 e. The van der Waals surface area contributed by atoms with E-state index in [1.165, 1.54) is 19.2 Å². The standard InChI is InChI=1S/C15H22N2O4/c1-5-8-17(10(2)3)15(20)16-13-9-11(21-4)6-7-12(13)14(18)19/h6-7,9-10H,5,8H2,1-4H3,(H,16,20)(H,18,19). The largest absolute Gasteiger partial charge is 0.497 e. The SMILES string of the molecule is CCCN(C(=O)Nc1cc(OC)ccc1C(=O)O)C(C)C. The van der Waals surface area contributed by atoms with Crippen LogP contribution >= 0.6 is 0 Å². The third kappa shape index (κ3) is 4.37. The van der Waals surface area contributed by atoms with E-state index in [1.54, 1.807) is 11.0 Å². The van der Waals surface area contributed by atoms with E-state index >= 15 is 0 Å². The fraction of sp³-hybridized carbons (Fsp3) is 0.467. The van der Waals surface area contributed by atoms with E-state index in [4.69, 9.17) is 4.74 Å². The Hall–Kier alpha value is -2.24. The summed E-state index contributed by atoms with van der Waals surface area (Å²) in [6.07, 6.45) is 0.829. The second-order valence-electron chi connectivity index (χ2n) is 4.93. The van der Waals surface area contributed by atoms with Crippen molar-refractivity contribution in [2.24, 2.45) is 0 Å². The average molecular weight is 294 g/mol. The van der Waals surface area contributed by atoms with Gasteiger partial charge < -0.3 is 20.1 Å². The van der Waals surface area contributed by atoms with Gasteiger partial charge in [-0.2, -0.15) is 0 Å². The number of carboxylic acid groups (broad SMARTS) is 1. The first kappa shape index (κ1) is 16.8. The number of carbonyl (C=O) groups excluding carboxylic acids is 1. The third-order valence-electron chi connectivity index (χ3n) is 3.05. The van der Waals surface area contributed by atoms with E-state index in [1.807, 2.05) is 20.8 Å². The molecule has 0 spiro atoms. The molecule has 0 saturated heterocycles. The summed E-state index contributed by atoms with van der Waals surface area (Å²) < 4.78 is 5.07. The van der Waals surface area contributed by atoms with Crippen molar-refractivity contribution in [3.63, 3.8) is 0 Å². The molecule has 0 heterocycles. The van der Waals surface area contributed by atoms with Crippen molar-refractivity contribution in [2.75, 3.05) is 19.0 Å². The van der Waals surface area contributed by atoms with Crippen LogP contribution in [0.2, 0.25) is 0 Å². The van der Waals surface area contributed by atoms with Gasteiger partial charge in [0.1, 0.15) is 5.75 Å². The summed E-state index contributed by atoms with van der Waals surface area (Å²) >= 11 is 0. The van der Waals surface area contributed by atoms with E-state index in [2.05, 4.69) is 5.32 Å². The third-order valence-corrected chi connectivity index (χ3v) is 3.05. The monoisotopic (exact) mass is 294 g/mol. The first-order valence-corrected chi connectivity index (χ1v) is 6.89. The number of carbonyl (C=O) groups is 2. The van der Waals surface area contributed by atoms with Crippen LogP contribution in [0.15, 0.2) is 18.2 Å². The lowest BCUT2D eigenvalue weighted by Gasteiger charge is -2.26. The van der Waals surface area contributed by atoms with Crippen LogP contribution in [-0.2, 0) is 0 Å². The van der Waals surface area contributed by atoms with Crippen molar-refractivity contribution >= 4 is 17.7 Å². The Morgan fingerprint density at radius 3 is 2.52 bits per heavy atom. The highest BCUT2D eigenvalue weighted by atomic mass is 16.5. The normalized spacial score (nSPS) is 10.3. The molecule has 0 fully saturated rings. The number of hydrogen-bond donors (Lipinski definition) is 2. The lowest BCUT2D eigenvalue weighted by molar-refractivity contribution is 0.0698. The molecule has 6 nitrogen and oxygen atoms in total. The van der Waals surface area contributed by atoms with Gasteiger partial charge in [0.15, 0.2) is 0 Å². The molecular weight excluding hydrogens is 272 g/mol. The Labute approximate surface area is 124 Å². The maximum absolute atomic E-state index is 12.3. The highest BCUT2D eigenvalue weighted by Crippen LogP contribution is 2.23. The number of benzene rings is 1. The maximum atomic E-state index is 12.3. The van der Waals surface area contributed by atoms with Crippen LogP contribution in [0.4, 0.5) is 10.5 Å². The Balaban J connectivity index is 3.04. The molecule has 0 aliphatic heterocycles. The van der Waals surface area contributed by atoms with Crippen LogP contribution in [0.25, 0.3) is 0 Å². The minimum atomic E-state index is -1.10. The molecular formula is C15H22N2O4. The first-order chi connectivity index (χ1) is 9.90. The molecule has 0 saturated carbocycles. The summed E-state index contributed by atoms with van der Waals surface area (Å²) in [5, 5.41) is 11.8. The maximum Gasteiger partial charge on any atom is 0.337 e. The highest BCUT2D eigenvalue weighted by molar-refractivity contribution is 6.00. The Kier molecular flexibility index (Phi) is 6.02. The van der Waals surface area contributed by atoms with Crippen LogP contribution in [-0.4, -0.2) is 41.7 Å². The molecule has 2 amide bonds. The van der Waals surface area contributed by atoms with Gasteiger partial charge in [-0.1, -0.05) is 6.92 Å². The van der Waals surface area contributed by atoms with Gasteiger partial charge in [-0.3, -0.25) is 0 Å². The fourth-order valence-corrected chi connectivity index (χ4v) is 1.96. The molecule has 1 aromatic rings. The number of aromatic carboxylic acids is 1. The second kappa shape index (κ2) is 7.52. The summed E-state index contributed by atoms with van der Waals surface area (Å²) in [5.41, 5.74) is 0.262. The fourth-order valence-electron chi connectivity index (χ4n) is 1.96. The van der Waals surface area contributed by atoms with Gasteiger partial charge in [-0.05, 0) is 32.4 Å². The molecule has 116 valence electrons. The van der Waals surface area contributed by atoms with Crippen molar-refractivity contribution in [3.8, 4) is 5.75 Å². The Morgan fingerprint density at radius 1 is 1.38 bits per heavy atom. The number of ether oxygens (including phenoxy) is 1. The first-order valence-electron chi connectivity index (χ1n) is 6.89. The zero-order valence-electron chi connectivity index (χ0n) is 12.8. The molecule has 1 aromatic carbocycles. The van der Waals surface area contributed by atoms with Gasteiger partial charge in [-0.25, -0.2) is 9.59 Å². The minimum Gasteiger partial charge on any atom is -0.497 e. The van der Waals surface area contributed by atoms with Crippen molar-refractivity contribution < 1.29 is 19.4 Å². The van der Waals surface area contributed by atoms with E-state index in [0.717, 1.165) is 6.42 Å². The number of nitrogens with zero attached hydrogens (tertiary/aromatic N) is 1. The molecule has 0 aromatic heterocycles. The second-order valence-corrected chi connectivity index (χ2v) is 4.93. The van der Waals surface area contributed by atoms with E-state index < -0.39 is 5.97 Å². The molecule has 1 rings (SSSR count). The van der Waals surface area contributed by atoms with E-state index in [9.17, 15) is 14.7 Å². The van der Waals surface area contributed by atoms with Gasteiger partial charge >= 0.3 is 12.0 Å². The van der Waals surface area contributed by atoms with Crippen LogP contribution in [0.1, 0.15) is 37.6 Å². The molecule has 0 aliphatic rings. The zero-order chi connectivity index (χ0) is 16.0. The summed E-state index contributed by atoms with van der Waals surface area (Å²) in [6.45, 7) is 6.42. The van der Waals surface area contributed by atoms with Crippen LogP contribution in [0.3, 0.4) is 0 Å². The number of rotatable bonds is 6. The number of hydrogen-bond acceptors (Lipinski definition) is 3. The summed E-state index contributed by atoms with van der Waals surface area (Å²) in [7, 11) is 1.48. The topological polar surface area (TPSA) is 78.9 Å². The predicted molar refractivity (Wildman–Crippen MR) is 81.1 cm³/mol. The zero-order valence-corrected chi connectivity index (χ0v) is 12.8. The van der Waals surface area contributed by atoms with Gasteiger partial charge in [0.25, 0.3) is 0 Å². The quantitative estimate of drug-likeness (QED) is 0.845. The van der Waals surface area contributed by atoms with Gasteiger partial charge in [-0.15, -0.1) is 0 Å². The number of anilines is 1. The number of carboxylic acids is 1. The number of nitrogens with one attached hydrogen (secondary N) is 1. The number of urea groups is 1. The molecule has 0 bridgehead atoms. The molecule has 0 unspecified atom stereocenters. The molecule has 2 N–H and O–H groups in total. The minimum absolute atomic E-state index is 0.0313. The van der Waals surface area contributed by atoms with Crippen molar-refractivity contribution in [3.05, 3.63) is 23.8 Å². The summed E-state index contributed by atoms with van der Waals surface area (Å²) in [4.78, 5) is 25.2. The molecule has 0 radical (unpaired) electrons. The molecule has 0 aliphatic carbocycles. The summed E-state index contributed by atoms with van der Waals surface area (Å²) in [5.74, 6) is -0.610. The van der Waals surface area contributed by atoms with E-state index in [0.29, 0.717) is 12.3 Å². The van der Waals surface area contributed by atoms with E-state index in [-0.39, 0.29) is 23.3 Å². The summed E-state index contributed by atoms with van der Waals surface area (Å²) in [6, 6.07) is 4.18. The van der Waals surface area contributed by atoms with Crippen molar-refractivity contribution in [1.82, 2.24) is 4.90 Å². The molecule has 6 heteroatoms. The number of methoxy groups -OCH3 is 1. The lowest BCUT2D eigenvalue weighted by Crippen LogP contribution is -2.40. The van der Waals surface area contributed by atoms with Crippen molar-refractivity contribution in [1.29, 1.82) is 0 Å². The van der Waals surface area contributed by atoms with Crippen LogP contribution < -0.4 is 10.1 Å². The van der Waals surface area contributed by atoms with Gasteiger partial charge in [0.05, 0.1) is 18.4 Å². The molecule has 21 heavy (non-hydrogen) atoms. The predicted octanol–water partition coefficient (Wildman–Crippen LogP) is 3.05. The van der Waals surface area contributed by atoms with Crippen LogP contribution in [0, 0.1) is 0 Å². The average Bonchev–Trinajstić information content (AvgIpc) is 2.43. The van der Waals surface area contributed by atoms with Crippen molar-refractivity contribution in [2.45, 2.75) is 33.2 Å². The van der Waals surface area contributed by atoms with Gasteiger partial charge in [0.2, 0.25) is 0 Å². The lowest BCUT2D eigenvalue weighted by atomic mass is 10.1. The Morgan fingerprint density at radius 2 is 2.05 bits per heavy atom. The van der Waals surface area contributed by atoms with Crippen LogP contribution in [0.5, 0.6) is 5.75 Å². The molecule has 0 atom stereocenters.